The molecule has 1 N–H and O–H groups in total. The third-order valence-electron chi connectivity index (χ3n) is 3.28. The first-order valence-electron chi connectivity index (χ1n) is 4.81. The van der Waals surface area contributed by atoms with Gasteiger partial charge in [-0.1, -0.05) is 13.8 Å². The number of ether oxygens (including phenoxy) is 2. The number of methoxy groups -OCH3 is 2. The van der Waals surface area contributed by atoms with Crippen LogP contribution in [0.25, 0.3) is 0 Å². The first-order valence-corrected chi connectivity index (χ1v) is 4.81. The van der Waals surface area contributed by atoms with Crippen LogP contribution in [-0.4, -0.2) is 39.0 Å². The molecule has 0 saturated carbocycles. The van der Waals surface area contributed by atoms with Crippen LogP contribution in [0.1, 0.15) is 20.8 Å². The molecule has 3 heteroatoms. The zero-order valence-electron chi connectivity index (χ0n) is 9.26. The Kier molecular flexibility index (Phi) is 3.33. The molecular formula is C10H21NO2. The molecule has 3 atom stereocenters. The lowest BCUT2D eigenvalue weighted by Crippen LogP contribution is -2.39. The van der Waals surface area contributed by atoms with Gasteiger partial charge in [0.15, 0.2) is 0 Å². The summed E-state index contributed by atoms with van der Waals surface area (Å²) in [6.45, 7) is 7.37. The Bertz CT molecular complexity index is 170. The van der Waals surface area contributed by atoms with E-state index in [9.17, 15) is 0 Å². The van der Waals surface area contributed by atoms with Crippen LogP contribution in [0.15, 0.2) is 0 Å². The number of hydrogen-bond donors (Lipinski definition) is 1. The van der Waals surface area contributed by atoms with E-state index in [1.165, 1.54) is 0 Å². The lowest BCUT2D eigenvalue weighted by molar-refractivity contribution is 0.000255. The zero-order chi connectivity index (χ0) is 10.1. The fourth-order valence-corrected chi connectivity index (χ4v) is 2.17. The van der Waals surface area contributed by atoms with Gasteiger partial charge in [0, 0.05) is 25.7 Å². The predicted octanol–water partition coefficient (Wildman–Crippen LogP) is 1.03. The topological polar surface area (TPSA) is 30.5 Å². The largest absolute Gasteiger partial charge is 0.383 e. The van der Waals surface area contributed by atoms with E-state index < -0.39 is 0 Å². The Hall–Kier alpha value is -0.120. The van der Waals surface area contributed by atoms with Gasteiger partial charge < -0.3 is 14.8 Å². The maximum Gasteiger partial charge on any atom is 0.0812 e. The van der Waals surface area contributed by atoms with Gasteiger partial charge >= 0.3 is 0 Å². The van der Waals surface area contributed by atoms with Gasteiger partial charge in [0.25, 0.3) is 0 Å². The van der Waals surface area contributed by atoms with Crippen molar-refractivity contribution in [3.8, 4) is 0 Å². The minimum atomic E-state index is 0.179. The molecule has 3 nitrogen and oxygen atoms in total. The third kappa shape index (κ3) is 1.87. The van der Waals surface area contributed by atoms with Crippen LogP contribution in [0.2, 0.25) is 0 Å². The van der Waals surface area contributed by atoms with E-state index in [2.05, 4.69) is 26.1 Å². The average molecular weight is 187 g/mol. The van der Waals surface area contributed by atoms with Crippen molar-refractivity contribution in [1.29, 1.82) is 0 Å². The van der Waals surface area contributed by atoms with Crippen LogP contribution in [0, 0.1) is 5.41 Å². The lowest BCUT2D eigenvalue weighted by atomic mass is 9.82. The summed E-state index contributed by atoms with van der Waals surface area (Å²) in [5, 5.41) is 3.50. The molecule has 0 aliphatic carbocycles. The first-order chi connectivity index (χ1) is 6.04. The maximum absolute atomic E-state index is 5.52. The van der Waals surface area contributed by atoms with Gasteiger partial charge in [-0.2, -0.15) is 0 Å². The summed E-state index contributed by atoms with van der Waals surface area (Å²) in [7, 11) is 3.50. The fraction of sp³-hybridized carbons (Fsp3) is 1.00. The number of rotatable bonds is 3. The van der Waals surface area contributed by atoms with Gasteiger partial charge in [0.2, 0.25) is 0 Å². The molecule has 1 rings (SSSR count). The van der Waals surface area contributed by atoms with Crippen LogP contribution in [0.3, 0.4) is 0 Å². The molecule has 3 unspecified atom stereocenters. The van der Waals surface area contributed by atoms with Crippen LogP contribution in [0.5, 0.6) is 0 Å². The van der Waals surface area contributed by atoms with Gasteiger partial charge in [-0.3, -0.25) is 0 Å². The van der Waals surface area contributed by atoms with Crippen molar-refractivity contribution >= 4 is 0 Å². The summed E-state index contributed by atoms with van der Waals surface area (Å²) in [5.41, 5.74) is 0.179. The van der Waals surface area contributed by atoms with E-state index in [4.69, 9.17) is 9.47 Å². The molecule has 0 aromatic carbocycles. The number of hydrogen-bond acceptors (Lipinski definition) is 3. The maximum atomic E-state index is 5.52. The minimum absolute atomic E-state index is 0.179. The van der Waals surface area contributed by atoms with Gasteiger partial charge in [-0.15, -0.1) is 0 Å². The quantitative estimate of drug-likeness (QED) is 0.716. The third-order valence-corrected chi connectivity index (χ3v) is 3.28. The summed E-state index contributed by atoms with van der Waals surface area (Å²) in [6, 6.07) is 0.789. The van der Waals surface area contributed by atoms with E-state index >= 15 is 0 Å². The summed E-state index contributed by atoms with van der Waals surface area (Å²) >= 11 is 0. The molecule has 0 bridgehead atoms. The summed E-state index contributed by atoms with van der Waals surface area (Å²) in [5.74, 6) is 0. The molecule has 1 saturated heterocycles. The average Bonchev–Trinajstić information content (AvgIpc) is 2.24. The molecule has 0 amide bonds. The Labute approximate surface area is 80.8 Å². The monoisotopic (exact) mass is 187 g/mol. The van der Waals surface area contributed by atoms with Crippen LogP contribution in [-0.2, 0) is 9.47 Å². The fourth-order valence-electron chi connectivity index (χ4n) is 2.17. The smallest absolute Gasteiger partial charge is 0.0812 e. The van der Waals surface area contributed by atoms with Crippen molar-refractivity contribution in [2.45, 2.75) is 39.0 Å². The molecule has 0 spiro atoms. The molecular weight excluding hydrogens is 166 g/mol. The summed E-state index contributed by atoms with van der Waals surface area (Å²) < 4.78 is 10.7. The van der Waals surface area contributed by atoms with Crippen LogP contribution < -0.4 is 5.32 Å². The highest BCUT2D eigenvalue weighted by Gasteiger charge is 2.46. The second-order valence-electron chi connectivity index (χ2n) is 4.43. The second-order valence-corrected chi connectivity index (χ2v) is 4.43. The predicted molar refractivity (Wildman–Crippen MR) is 52.8 cm³/mol. The van der Waals surface area contributed by atoms with E-state index in [0.29, 0.717) is 18.7 Å². The van der Waals surface area contributed by atoms with E-state index in [1.807, 2.05) is 0 Å². The Morgan fingerprint density at radius 2 is 1.92 bits per heavy atom. The Morgan fingerprint density at radius 1 is 1.31 bits per heavy atom. The molecule has 13 heavy (non-hydrogen) atoms. The highest BCUT2D eigenvalue weighted by molar-refractivity contribution is 5.02. The summed E-state index contributed by atoms with van der Waals surface area (Å²) in [6.07, 6.45) is 0.238. The van der Waals surface area contributed by atoms with Crippen molar-refractivity contribution in [1.82, 2.24) is 5.32 Å². The second kappa shape index (κ2) is 3.95. The SMILES string of the molecule is COCC1NC(C)C(C)(C)C1OC. The van der Waals surface area contributed by atoms with Crippen molar-refractivity contribution in [3.05, 3.63) is 0 Å². The highest BCUT2D eigenvalue weighted by atomic mass is 16.5. The van der Waals surface area contributed by atoms with Gasteiger partial charge in [0.05, 0.1) is 18.8 Å². The standard InChI is InChI=1S/C10H21NO2/c1-7-10(2,3)9(13-5)8(11-7)6-12-4/h7-9,11H,6H2,1-5H3. The van der Waals surface area contributed by atoms with Gasteiger partial charge in [0.1, 0.15) is 0 Å². The van der Waals surface area contributed by atoms with Crippen LogP contribution in [0.4, 0.5) is 0 Å². The summed E-state index contributed by atoms with van der Waals surface area (Å²) in [4.78, 5) is 0. The molecule has 1 aliphatic rings. The van der Waals surface area contributed by atoms with Crippen molar-refractivity contribution in [3.63, 3.8) is 0 Å². The van der Waals surface area contributed by atoms with E-state index in [1.54, 1.807) is 14.2 Å². The Morgan fingerprint density at radius 3 is 2.38 bits per heavy atom. The van der Waals surface area contributed by atoms with Crippen molar-refractivity contribution < 1.29 is 9.47 Å². The molecule has 1 heterocycles. The lowest BCUT2D eigenvalue weighted by Gasteiger charge is -2.30. The Balaban J connectivity index is 2.70. The molecule has 0 aromatic rings. The van der Waals surface area contributed by atoms with E-state index in [0.717, 1.165) is 0 Å². The van der Waals surface area contributed by atoms with Gasteiger partial charge in [-0.05, 0) is 6.92 Å². The molecule has 0 radical (unpaired) electrons. The first kappa shape index (κ1) is 11.0. The van der Waals surface area contributed by atoms with Crippen molar-refractivity contribution in [2.24, 2.45) is 5.41 Å². The van der Waals surface area contributed by atoms with Crippen LogP contribution >= 0.6 is 0 Å². The molecule has 0 aromatic heterocycles. The molecule has 78 valence electrons. The van der Waals surface area contributed by atoms with Gasteiger partial charge in [-0.25, -0.2) is 0 Å². The van der Waals surface area contributed by atoms with E-state index in [-0.39, 0.29) is 11.5 Å². The highest BCUT2D eigenvalue weighted by Crippen LogP contribution is 2.35. The molecule has 1 aliphatic heterocycles. The molecule has 1 fully saturated rings. The number of nitrogens with one attached hydrogen (secondary N) is 1. The van der Waals surface area contributed by atoms with Crippen molar-refractivity contribution in [2.75, 3.05) is 20.8 Å². The normalized spacial score (nSPS) is 38.1. The minimum Gasteiger partial charge on any atom is -0.383 e. The zero-order valence-corrected chi connectivity index (χ0v) is 9.26.